The van der Waals surface area contributed by atoms with E-state index in [2.05, 4.69) is 5.32 Å². The number of para-hydroxylation sites is 1. The molecule has 43 heavy (non-hydrogen) atoms. The molecule has 0 radical (unpaired) electrons. The zero-order chi connectivity index (χ0) is 30.5. The van der Waals surface area contributed by atoms with Crippen LogP contribution >= 0.6 is 0 Å². The van der Waals surface area contributed by atoms with E-state index >= 15 is 0 Å². The van der Waals surface area contributed by atoms with Gasteiger partial charge in [-0.15, -0.1) is 0 Å². The largest absolute Gasteiger partial charge is 0.480 e. The molecule has 0 aliphatic carbocycles. The van der Waals surface area contributed by atoms with Crippen LogP contribution in [0, 0.1) is 0 Å². The number of aliphatic hydroxyl groups excluding tert-OH is 1. The molecular weight excluding hydrogens is 548 g/mol. The van der Waals surface area contributed by atoms with Crippen LogP contribution < -0.4 is 5.32 Å². The van der Waals surface area contributed by atoms with Gasteiger partial charge in [0.1, 0.15) is 18.6 Å². The van der Waals surface area contributed by atoms with Gasteiger partial charge >= 0.3 is 5.97 Å². The number of nitrogens with zero attached hydrogens (tertiary/aromatic N) is 3. The van der Waals surface area contributed by atoms with Gasteiger partial charge in [0.15, 0.2) is 0 Å². The molecule has 4 aromatic rings. The van der Waals surface area contributed by atoms with Crippen molar-refractivity contribution in [3.63, 3.8) is 0 Å². The Balaban J connectivity index is 1.39. The van der Waals surface area contributed by atoms with E-state index in [1.54, 1.807) is 36.2 Å². The van der Waals surface area contributed by atoms with Crippen molar-refractivity contribution >= 4 is 34.6 Å². The number of likely N-dealkylation sites (N-methyl/N-ethyl adjacent to an activating group) is 1. The lowest BCUT2D eigenvalue weighted by atomic mass is 10.0. The molecule has 1 unspecified atom stereocenters. The van der Waals surface area contributed by atoms with Gasteiger partial charge in [-0.05, 0) is 17.2 Å². The standard InChI is InChI=1S/C33H34N4O6/c1-35(18-23-12-6-3-7-13-23)33(43)27(16-22-10-4-2-5-11-22)34-31(41)29-17-24(38)19-37(29)32(42)26-20-36(21-30(39)40)28-15-9-8-14-25(26)28/h2-15,20,24,27,29,38H,16-19,21H2,1H3,(H,34,41)(H,39,40)/t24-,27-,29?/m1/s1. The minimum Gasteiger partial charge on any atom is -0.480 e. The van der Waals surface area contributed by atoms with Crippen molar-refractivity contribution in [1.29, 1.82) is 0 Å². The molecular formula is C33H34N4O6. The van der Waals surface area contributed by atoms with Gasteiger partial charge < -0.3 is 29.9 Å². The number of fused-ring (bicyclic) bond motifs is 1. The first-order valence-electron chi connectivity index (χ1n) is 14.1. The number of amides is 3. The highest BCUT2D eigenvalue weighted by Crippen LogP contribution is 2.27. The number of nitrogens with one attached hydrogen (secondary N) is 1. The Kier molecular flexibility index (Phi) is 8.87. The second-order valence-electron chi connectivity index (χ2n) is 10.9. The number of β-amino-alcohol motifs (C(OH)–C–C–N with tert-alkyl or cyclic N) is 1. The van der Waals surface area contributed by atoms with Crippen LogP contribution in [-0.4, -0.2) is 80.1 Å². The Morgan fingerprint density at radius 3 is 2.23 bits per heavy atom. The highest BCUT2D eigenvalue weighted by molar-refractivity contribution is 6.08. The van der Waals surface area contributed by atoms with E-state index in [0.29, 0.717) is 17.4 Å². The first-order valence-corrected chi connectivity index (χ1v) is 14.1. The minimum atomic E-state index is -1.06. The molecule has 1 fully saturated rings. The van der Waals surface area contributed by atoms with Crippen LogP contribution in [0.25, 0.3) is 10.9 Å². The van der Waals surface area contributed by atoms with E-state index in [1.165, 1.54) is 15.7 Å². The molecule has 2 heterocycles. The molecule has 0 bridgehead atoms. The van der Waals surface area contributed by atoms with E-state index < -0.39 is 36.0 Å². The highest BCUT2D eigenvalue weighted by atomic mass is 16.4. The molecule has 222 valence electrons. The molecule has 1 saturated heterocycles. The lowest BCUT2D eigenvalue weighted by Crippen LogP contribution is -2.54. The number of rotatable bonds is 10. The van der Waals surface area contributed by atoms with Gasteiger partial charge in [-0.3, -0.25) is 19.2 Å². The molecule has 10 heteroatoms. The lowest BCUT2D eigenvalue weighted by molar-refractivity contribution is -0.137. The molecule has 1 aliphatic heterocycles. The third-order valence-corrected chi connectivity index (χ3v) is 7.70. The zero-order valence-corrected chi connectivity index (χ0v) is 23.8. The molecule has 1 aromatic heterocycles. The van der Waals surface area contributed by atoms with Crippen molar-refractivity contribution in [3.8, 4) is 0 Å². The monoisotopic (exact) mass is 582 g/mol. The van der Waals surface area contributed by atoms with E-state index in [1.807, 2.05) is 60.7 Å². The van der Waals surface area contributed by atoms with Crippen LogP contribution in [0.1, 0.15) is 27.9 Å². The summed E-state index contributed by atoms with van der Waals surface area (Å²) >= 11 is 0. The number of hydrogen-bond donors (Lipinski definition) is 3. The normalized spacial score (nSPS) is 17.0. The molecule has 5 rings (SSSR count). The maximum absolute atomic E-state index is 13.8. The Morgan fingerprint density at radius 2 is 1.56 bits per heavy atom. The summed E-state index contributed by atoms with van der Waals surface area (Å²) in [5.41, 5.74) is 2.62. The Bertz CT molecular complexity index is 1620. The fourth-order valence-corrected chi connectivity index (χ4v) is 5.65. The van der Waals surface area contributed by atoms with Gasteiger partial charge in [-0.2, -0.15) is 0 Å². The Labute approximate surface area is 249 Å². The van der Waals surface area contributed by atoms with Gasteiger partial charge in [0.25, 0.3) is 5.91 Å². The zero-order valence-electron chi connectivity index (χ0n) is 23.8. The predicted molar refractivity (Wildman–Crippen MR) is 160 cm³/mol. The van der Waals surface area contributed by atoms with Crippen molar-refractivity contribution in [1.82, 2.24) is 19.7 Å². The molecule has 0 saturated carbocycles. The average molecular weight is 583 g/mol. The second kappa shape index (κ2) is 12.9. The molecule has 1 aliphatic rings. The Morgan fingerprint density at radius 1 is 0.930 bits per heavy atom. The smallest absolute Gasteiger partial charge is 0.323 e. The minimum absolute atomic E-state index is 0.0114. The quantitative estimate of drug-likeness (QED) is 0.264. The number of likely N-dealkylation sites (tertiary alicyclic amines) is 1. The van der Waals surface area contributed by atoms with Crippen LogP contribution in [0.5, 0.6) is 0 Å². The third kappa shape index (κ3) is 6.76. The average Bonchev–Trinajstić information content (AvgIpc) is 3.57. The van der Waals surface area contributed by atoms with E-state index in [4.69, 9.17) is 0 Å². The van der Waals surface area contributed by atoms with Gasteiger partial charge in [-0.1, -0.05) is 78.9 Å². The van der Waals surface area contributed by atoms with Gasteiger partial charge in [0, 0.05) is 50.1 Å². The van der Waals surface area contributed by atoms with Gasteiger partial charge in [0.2, 0.25) is 11.8 Å². The van der Waals surface area contributed by atoms with Crippen molar-refractivity contribution in [3.05, 3.63) is 108 Å². The van der Waals surface area contributed by atoms with Crippen LogP contribution in [0.2, 0.25) is 0 Å². The number of carboxylic acids is 1. The second-order valence-corrected chi connectivity index (χ2v) is 10.9. The third-order valence-electron chi connectivity index (χ3n) is 7.70. The summed E-state index contributed by atoms with van der Waals surface area (Å²) in [6, 6.07) is 23.9. The predicted octanol–water partition coefficient (Wildman–Crippen LogP) is 2.69. The summed E-state index contributed by atoms with van der Waals surface area (Å²) in [6.07, 6.45) is 0.797. The lowest BCUT2D eigenvalue weighted by Gasteiger charge is -2.28. The van der Waals surface area contributed by atoms with Crippen LogP contribution in [0.3, 0.4) is 0 Å². The summed E-state index contributed by atoms with van der Waals surface area (Å²) in [5, 5.41) is 23.3. The van der Waals surface area contributed by atoms with Crippen molar-refractivity contribution in [2.45, 2.75) is 44.1 Å². The molecule has 3 amide bonds. The van der Waals surface area contributed by atoms with E-state index in [0.717, 1.165) is 11.1 Å². The maximum Gasteiger partial charge on any atom is 0.323 e. The first-order chi connectivity index (χ1) is 20.7. The summed E-state index contributed by atoms with van der Waals surface area (Å²) in [4.78, 5) is 55.6. The molecule has 3 aromatic carbocycles. The number of aromatic nitrogens is 1. The molecule has 3 atom stereocenters. The maximum atomic E-state index is 13.8. The number of aliphatic hydroxyl groups is 1. The SMILES string of the molecule is CN(Cc1ccccc1)C(=O)[C@@H](Cc1ccccc1)NC(=O)C1C[C@@H](O)CN1C(=O)c1cn(CC(=O)O)c2ccccc12. The number of benzene rings is 3. The number of aliphatic carboxylic acids is 1. The summed E-state index contributed by atoms with van der Waals surface area (Å²) in [6.45, 7) is -0.0470. The summed E-state index contributed by atoms with van der Waals surface area (Å²) < 4.78 is 1.48. The van der Waals surface area contributed by atoms with E-state index in [-0.39, 0.29) is 37.4 Å². The Hall–Kier alpha value is -4.96. The number of hydrogen-bond acceptors (Lipinski definition) is 5. The fraction of sp³-hybridized carbons (Fsp3) is 0.273. The number of carboxylic acid groups (broad SMARTS) is 1. The molecule has 10 nitrogen and oxygen atoms in total. The van der Waals surface area contributed by atoms with Crippen molar-refractivity contribution in [2.24, 2.45) is 0 Å². The molecule has 0 spiro atoms. The van der Waals surface area contributed by atoms with Crippen LogP contribution in [0.15, 0.2) is 91.1 Å². The first kappa shape index (κ1) is 29.5. The molecule has 3 N–H and O–H groups in total. The van der Waals surface area contributed by atoms with Crippen LogP contribution in [-0.2, 0) is 33.9 Å². The fourth-order valence-electron chi connectivity index (χ4n) is 5.65. The van der Waals surface area contributed by atoms with Crippen LogP contribution in [0.4, 0.5) is 0 Å². The van der Waals surface area contributed by atoms with Gasteiger partial charge in [0.05, 0.1) is 11.7 Å². The summed E-state index contributed by atoms with van der Waals surface area (Å²) in [7, 11) is 1.68. The topological polar surface area (TPSA) is 132 Å². The van der Waals surface area contributed by atoms with Crippen molar-refractivity contribution < 1.29 is 29.4 Å². The number of carbonyl (C=O) groups is 4. The van der Waals surface area contributed by atoms with Gasteiger partial charge in [-0.25, -0.2) is 0 Å². The highest BCUT2D eigenvalue weighted by Gasteiger charge is 2.41. The van der Waals surface area contributed by atoms with E-state index in [9.17, 15) is 29.4 Å². The summed E-state index contributed by atoms with van der Waals surface area (Å²) in [5.74, 6) is -2.38. The van der Waals surface area contributed by atoms with Crippen molar-refractivity contribution in [2.75, 3.05) is 13.6 Å². The number of carbonyl (C=O) groups excluding carboxylic acids is 3.